The molecule has 0 aliphatic carbocycles. The second-order valence-electron chi connectivity index (χ2n) is 5.54. The van der Waals surface area contributed by atoms with E-state index in [1.165, 1.54) is 27.8 Å². The first-order valence-corrected chi connectivity index (χ1v) is 7.19. The van der Waals surface area contributed by atoms with Gasteiger partial charge in [0.1, 0.15) is 0 Å². The van der Waals surface area contributed by atoms with Gasteiger partial charge in [-0.25, -0.2) is 0 Å². The van der Waals surface area contributed by atoms with Gasteiger partial charge in [0.2, 0.25) is 0 Å². The van der Waals surface area contributed by atoms with Crippen LogP contribution in [0.2, 0.25) is 0 Å². The lowest BCUT2D eigenvalue weighted by Crippen LogP contribution is -2.21. The van der Waals surface area contributed by atoms with Gasteiger partial charge in [-0.15, -0.1) is 0 Å². The van der Waals surface area contributed by atoms with E-state index in [2.05, 4.69) is 56.2 Å². The van der Waals surface area contributed by atoms with Crippen LogP contribution < -0.4 is 5.32 Å². The van der Waals surface area contributed by atoms with Gasteiger partial charge in [0.05, 0.1) is 0 Å². The van der Waals surface area contributed by atoms with Crippen LogP contribution in [-0.4, -0.2) is 18.6 Å². The minimum atomic E-state index is 0.305. The molecule has 0 bridgehead atoms. The first kappa shape index (κ1) is 14.7. The zero-order chi connectivity index (χ0) is 14.7. The van der Waals surface area contributed by atoms with Crippen molar-refractivity contribution in [2.75, 3.05) is 13.6 Å². The molecule has 2 heteroatoms. The predicted octanol–water partition coefficient (Wildman–Crippen LogP) is 3.67. The second kappa shape index (κ2) is 6.19. The van der Waals surface area contributed by atoms with Crippen LogP contribution in [0.4, 0.5) is 0 Å². The summed E-state index contributed by atoms with van der Waals surface area (Å²) >= 11 is 0. The third-order valence-electron chi connectivity index (χ3n) is 4.23. The van der Waals surface area contributed by atoms with E-state index >= 15 is 0 Å². The molecule has 1 unspecified atom stereocenters. The summed E-state index contributed by atoms with van der Waals surface area (Å²) in [4.78, 5) is 4.58. The molecule has 1 heterocycles. The lowest BCUT2D eigenvalue weighted by Gasteiger charge is -2.24. The van der Waals surface area contributed by atoms with Crippen molar-refractivity contribution in [2.45, 2.75) is 33.6 Å². The number of hydrogen-bond donors (Lipinski definition) is 1. The van der Waals surface area contributed by atoms with Gasteiger partial charge in [-0.05, 0) is 74.7 Å². The highest BCUT2D eigenvalue weighted by atomic mass is 14.8. The largest absolute Gasteiger partial charge is 0.319 e. The second-order valence-corrected chi connectivity index (χ2v) is 5.54. The van der Waals surface area contributed by atoms with E-state index in [9.17, 15) is 0 Å². The molecule has 106 valence electrons. The predicted molar refractivity (Wildman–Crippen MR) is 85.4 cm³/mol. The highest BCUT2D eigenvalue weighted by molar-refractivity contribution is 5.48. The molecule has 1 atom stereocenters. The SMILES string of the molecule is CNCC(c1ccccn1)c1c(C)c(C)cc(C)c1C. The fourth-order valence-corrected chi connectivity index (χ4v) is 2.91. The van der Waals surface area contributed by atoms with E-state index in [0.29, 0.717) is 5.92 Å². The first-order chi connectivity index (χ1) is 9.56. The molecule has 20 heavy (non-hydrogen) atoms. The average molecular weight is 268 g/mol. The molecule has 0 fully saturated rings. The van der Waals surface area contributed by atoms with E-state index in [4.69, 9.17) is 0 Å². The van der Waals surface area contributed by atoms with Crippen molar-refractivity contribution in [1.29, 1.82) is 0 Å². The number of nitrogens with zero attached hydrogens (tertiary/aromatic N) is 1. The molecular formula is C18H24N2. The Morgan fingerprint density at radius 2 is 1.70 bits per heavy atom. The average Bonchev–Trinajstić information content (AvgIpc) is 2.45. The Morgan fingerprint density at radius 1 is 1.05 bits per heavy atom. The Morgan fingerprint density at radius 3 is 2.20 bits per heavy atom. The number of likely N-dealkylation sites (N-methyl/N-ethyl adjacent to an activating group) is 1. The molecule has 0 aliphatic rings. The number of benzene rings is 1. The van der Waals surface area contributed by atoms with E-state index < -0.39 is 0 Å². The maximum absolute atomic E-state index is 4.58. The lowest BCUT2D eigenvalue weighted by atomic mass is 9.84. The number of pyridine rings is 1. The summed E-state index contributed by atoms with van der Waals surface area (Å²) in [6.45, 7) is 9.74. The van der Waals surface area contributed by atoms with Gasteiger partial charge in [0.25, 0.3) is 0 Å². The number of aryl methyl sites for hydroxylation is 2. The maximum Gasteiger partial charge on any atom is 0.0491 e. The molecule has 1 aromatic heterocycles. The molecule has 0 radical (unpaired) electrons. The molecule has 1 N–H and O–H groups in total. The zero-order valence-corrected chi connectivity index (χ0v) is 13.1. The van der Waals surface area contributed by atoms with Crippen molar-refractivity contribution in [3.63, 3.8) is 0 Å². The quantitative estimate of drug-likeness (QED) is 0.915. The summed E-state index contributed by atoms with van der Waals surface area (Å²) in [5, 5.41) is 3.32. The van der Waals surface area contributed by atoms with Gasteiger partial charge in [0.15, 0.2) is 0 Å². The van der Waals surface area contributed by atoms with Crippen LogP contribution in [0.5, 0.6) is 0 Å². The molecule has 0 saturated carbocycles. The van der Waals surface area contributed by atoms with E-state index in [0.717, 1.165) is 12.2 Å². The van der Waals surface area contributed by atoms with E-state index in [1.54, 1.807) is 0 Å². The molecule has 2 nitrogen and oxygen atoms in total. The third kappa shape index (κ3) is 2.75. The van der Waals surface area contributed by atoms with Gasteiger partial charge in [-0.2, -0.15) is 0 Å². The van der Waals surface area contributed by atoms with Gasteiger partial charge in [-0.1, -0.05) is 12.1 Å². The van der Waals surface area contributed by atoms with Crippen molar-refractivity contribution < 1.29 is 0 Å². The van der Waals surface area contributed by atoms with Gasteiger partial charge in [0, 0.05) is 24.4 Å². The number of hydrogen-bond acceptors (Lipinski definition) is 2. The number of rotatable bonds is 4. The fraction of sp³-hybridized carbons (Fsp3) is 0.389. The van der Waals surface area contributed by atoms with Crippen LogP contribution in [0.3, 0.4) is 0 Å². The summed E-state index contributed by atoms with van der Waals surface area (Å²) in [6, 6.07) is 8.45. The summed E-state index contributed by atoms with van der Waals surface area (Å²) in [7, 11) is 2.00. The van der Waals surface area contributed by atoms with Crippen molar-refractivity contribution in [3.05, 3.63) is 64.0 Å². The van der Waals surface area contributed by atoms with Crippen LogP contribution in [0, 0.1) is 27.7 Å². The molecule has 0 spiro atoms. The Bertz CT molecular complexity index is 562. The Balaban J connectivity index is 2.61. The number of nitrogens with one attached hydrogen (secondary N) is 1. The van der Waals surface area contributed by atoms with Gasteiger partial charge in [-0.3, -0.25) is 4.98 Å². The Hall–Kier alpha value is -1.67. The van der Waals surface area contributed by atoms with E-state index in [1.807, 2.05) is 19.3 Å². The van der Waals surface area contributed by atoms with Crippen LogP contribution in [0.25, 0.3) is 0 Å². The smallest absolute Gasteiger partial charge is 0.0491 e. The molecule has 2 rings (SSSR count). The topological polar surface area (TPSA) is 24.9 Å². The highest BCUT2D eigenvalue weighted by Gasteiger charge is 2.20. The Labute approximate surface area is 122 Å². The van der Waals surface area contributed by atoms with Gasteiger partial charge < -0.3 is 5.32 Å². The van der Waals surface area contributed by atoms with Crippen molar-refractivity contribution in [3.8, 4) is 0 Å². The summed E-state index contributed by atoms with van der Waals surface area (Å²) < 4.78 is 0. The minimum Gasteiger partial charge on any atom is -0.319 e. The number of aromatic nitrogens is 1. The normalized spacial score (nSPS) is 12.4. The Kier molecular flexibility index (Phi) is 4.56. The monoisotopic (exact) mass is 268 g/mol. The van der Waals surface area contributed by atoms with Gasteiger partial charge >= 0.3 is 0 Å². The molecule has 2 aromatic rings. The van der Waals surface area contributed by atoms with Crippen molar-refractivity contribution in [1.82, 2.24) is 10.3 Å². The molecule has 0 amide bonds. The standard InChI is InChI=1S/C18H24N2/c1-12-10-13(2)15(4)18(14(12)3)16(11-19-5)17-8-6-7-9-20-17/h6-10,16,19H,11H2,1-5H3. The molecule has 0 saturated heterocycles. The van der Waals surface area contributed by atoms with Crippen molar-refractivity contribution >= 4 is 0 Å². The summed E-state index contributed by atoms with van der Waals surface area (Å²) in [6.07, 6.45) is 1.88. The van der Waals surface area contributed by atoms with Crippen molar-refractivity contribution in [2.24, 2.45) is 0 Å². The highest BCUT2D eigenvalue weighted by Crippen LogP contribution is 2.31. The molecular weight excluding hydrogens is 244 g/mol. The fourth-order valence-electron chi connectivity index (χ4n) is 2.91. The molecule has 0 aliphatic heterocycles. The zero-order valence-electron chi connectivity index (χ0n) is 13.1. The lowest BCUT2D eigenvalue weighted by molar-refractivity contribution is 0.683. The van der Waals surface area contributed by atoms with Crippen LogP contribution in [-0.2, 0) is 0 Å². The summed E-state index contributed by atoms with van der Waals surface area (Å²) in [5.41, 5.74) is 8.06. The minimum absolute atomic E-state index is 0.305. The van der Waals surface area contributed by atoms with Crippen LogP contribution in [0.15, 0.2) is 30.5 Å². The maximum atomic E-state index is 4.58. The van der Waals surface area contributed by atoms with E-state index in [-0.39, 0.29) is 0 Å². The summed E-state index contributed by atoms with van der Waals surface area (Å²) in [5.74, 6) is 0.305. The molecule has 1 aromatic carbocycles. The third-order valence-corrected chi connectivity index (χ3v) is 4.23. The van der Waals surface area contributed by atoms with Crippen LogP contribution >= 0.6 is 0 Å². The van der Waals surface area contributed by atoms with Crippen LogP contribution in [0.1, 0.15) is 39.4 Å². The first-order valence-electron chi connectivity index (χ1n) is 7.19.